The van der Waals surface area contributed by atoms with Crippen molar-refractivity contribution in [3.63, 3.8) is 0 Å². The third-order valence-corrected chi connectivity index (χ3v) is 5.92. The summed E-state index contributed by atoms with van der Waals surface area (Å²) in [5.41, 5.74) is 3.28. The molecule has 0 aliphatic rings. The number of methoxy groups -OCH3 is 1. The second kappa shape index (κ2) is 9.75. The van der Waals surface area contributed by atoms with Crippen LogP contribution in [0, 0.1) is 13.8 Å². The smallest absolute Gasteiger partial charge is 0.358 e. The quantitative estimate of drug-likeness (QED) is 0.292. The van der Waals surface area contributed by atoms with Crippen LogP contribution in [0.4, 0.5) is 0 Å². The molecule has 4 rings (SSSR count). The van der Waals surface area contributed by atoms with Crippen molar-refractivity contribution < 1.29 is 23.9 Å². The van der Waals surface area contributed by atoms with E-state index in [1.807, 2.05) is 18.4 Å². The second-order valence-electron chi connectivity index (χ2n) is 7.27. The number of hydrogen-bond acceptors (Lipinski definition) is 9. The number of carbonyl (C=O) groups is 3. The SMILES string of the molecule is COC(=O)c1ccc(-n2c(C)cc(C(=O)COC(=O)c3csc(-c4ncccn4)n3)c2C)cc1. The Morgan fingerprint density at radius 1 is 1.03 bits per heavy atom. The highest BCUT2D eigenvalue weighted by molar-refractivity contribution is 7.13. The van der Waals surface area contributed by atoms with Crippen molar-refractivity contribution in [1.82, 2.24) is 19.5 Å². The molecule has 172 valence electrons. The fraction of sp³-hybridized carbons (Fsp3) is 0.167. The van der Waals surface area contributed by atoms with Gasteiger partial charge < -0.3 is 14.0 Å². The van der Waals surface area contributed by atoms with E-state index in [9.17, 15) is 14.4 Å². The molecule has 0 saturated carbocycles. The van der Waals surface area contributed by atoms with Crippen molar-refractivity contribution in [2.75, 3.05) is 13.7 Å². The summed E-state index contributed by atoms with van der Waals surface area (Å²) < 4.78 is 11.8. The number of esters is 2. The van der Waals surface area contributed by atoms with Gasteiger partial charge in [0.1, 0.15) is 0 Å². The Kier molecular flexibility index (Phi) is 6.60. The van der Waals surface area contributed by atoms with Crippen LogP contribution in [0.25, 0.3) is 16.5 Å². The largest absolute Gasteiger partial charge is 0.465 e. The number of ether oxygens (including phenoxy) is 2. The molecule has 0 fully saturated rings. The van der Waals surface area contributed by atoms with Crippen LogP contribution in [0.15, 0.2) is 54.2 Å². The van der Waals surface area contributed by atoms with Gasteiger partial charge in [-0.1, -0.05) is 0 Å². The molecule has 9 nitrogen and oxygen atoms in total. The lowest BCUT2D eigenvalue weighted by Gasteiger charge is -2.10. The van der Waals surface area contributed by atoms with E-state index in [4.69, 9.17) is 9.47 Å². The highest BCUT2D eigenvalue weighted by Gasteiger charge is 2.20. The van der Waals surface area contributed by atoms with Crippen LogP contribution in [0.2, 0.25) is 0 Å². The Morgan fingerprint density at radius 3 is 2.41 bits per heavy atom. The normalized spacial score (nSPS) is 10.7. The molecule has 3 aromatic heterocycles. The lowest BCUT2D eigenvalue weighted by Crippen LogP contribution is -2.15. The summed E-state index contributed by atoms with van der Waals surface area (Å²) in [5, 5.41) is 2.03. The molecule has 0 saturated heterocycles. The van der Waals surface area contributed by atoms with Gasteiger partial charge in [0.05, 0.1) is 12.7 Å². The molecular weight excluding hydrogens is 456 g/mol. The van der Waals surface area contributed by atoms with E-state index in [-0.39, 0.29) is 11.5 Å². The summed E-state index contributed by atoms with van der Waals surface area (Å²) >= 11 is 1.22. The number of hydrogen-bond donors (Lipinski definition) is 0. The van der Waals surface area contributed by atoms with Crippen molar-refractivity contribution in [1.29, 1.82) is 0 Å². The topological polar surface area (TPSA) is 113 Å². The summed E-state index contributed by atoms with van der Waals surface area (Å²) in [6, 6.07) is 10.3. The maximum Gasteiger partial charge on any atom is 0.358 e. The van der Waals surface area contributed by atoms with Gasteiger partial charge in [0.2, 0.25) is 5.78 Å². The number of aryl methyl sites for hydroxylation is 1. The minimum Gasteiger partial charge on any atom is -0.465 e. The van der Waals surface area contributed by atoms with Gasteiger partial charge in [-0.2, -0.15) is 0 Å². The van der Waals surface area contributed by atoms with Gasteiger partial charge in [-0.3, -0.25) is 4.79 Å². The predicted molar refractivity (Wildman–Crippen MR) is 124 cm³/mol. The average molecular weight is 477 g/mol. The highest BCUT2D eigenvalue weighted by Crippen LogP contribution is 2.23. The van der Waals surface area contributed by atoms with Gasteiger partial charge in [-0.25, -0.2) is 24.5 Å². The summed E-state index contributed by atoms with van der Waals surface area (Å²) in [6.45, 7) is 3.26. The van der Waals surface area contributed by atoms with Crippen LogP contribution >= 0.6 is 11.3 Å². The molecule has 1 aromatic carbocycles. The fourth-order valence-corrected chi connectivity index (χ4v) is 4.20. The number of nitrogens with zero attached hydrogens (tertiary/aromatic N) is 4. The van der Waals surface area contributed by atoms with E-state index in [2.05, 4.69) is 15.0 Å². The molecule has 0 bridgehead atoms. The zero-order valence-corrected chi connectivity index (χ0v) is 19.5. The molecule has 0 aliphatic heterocycles. The first kappa shape index (κ1) is 23.0. The zero-order valence-electron chi connectivity index (χ0n) is 18.6. The summed E-state index contributed by atoms with van der Waals surface area (Å²) in [7, 11) is 1.33. The number of aromatic nitrogens is 4. The van der Waals surface area contributed by atoms with Gasteiger partial charge in [-0.15, -0.1) is 11.3 Å². The van der Waals surface area contributed by atoms with Gasteiger partial charge in [0.15, 0.2) is 23.1 Å². The number of thiazole rings is 1. The van der Waals surface area contributed by atoms with Gasteiger partial charge in [-0.05, 0) is 50.2 Å². The van der Waals surface area contributed by atoms with Crippen LogP contribution in [-0.4, -0.2) is 51.0 Å². The molecule has 0 unspecified atom stereocenters. The molecule has 34 heavy (non-hydrogen) atoms. The Bertz CT molecular complexity index is 1360. The van der Waals surface area contributed by atoms with Crippen LogP contribution in [0.5, 0.6) is 0 Å². The summed E-state index contributed by atoms with van der Waals surface area (Å²) in [4.78, 5) is 49.3. The van der Waals surface area contributed by atoms with Crippen LogP contribution in [-0.2, 0) is 9.47 Å². The van der Waals surface area contributed by atoms with Gasteiger partial charge >= 0.3 is 11.9 Å². The van der Waals surface area contributed by atoms with Gasteiger partial charge in [0, 0.05) is 40.4 Å². The highest BCUT2D eigenvalue weighted by atomic mass is 32.1. The van der Waals surface area contributed by atoms with E-state index in [0.717, 1.165) is 11.4 Å². The Balaban J connectivity index is 1.45. The molecule has 4 aromatic rings. The second-order valence-corrected chi connectivity index (χ2v) is 8.13. The summed E-state index contributed by atoms with van der Waals surface area (Å²) in [5.74, 6) is -1.04. The standard InChI is InChI=1S/C24H20N4O5S/c1-14-11-18(15(2)28(14)17-7-5-16(6-8-17)23(30)32-3)20(29)12-33-24(31)19-13-34-22(27-19)21-25-9-4-10-26-21/h4-11,13H,12H2,1-3H3. The lowest BCUT2D eigenvalue weighted by atomic mass is 10.1. The van der Waals surface area contributed by atoms with Crippen LogP contribution in [0.1, 0.15) is 42.6 Å². The van der Waals surface area contributed by atoms with E-state index in [1.54, 1.807) is 54.2 Å². The third kappa shape index (κ3) is 4.62. The molecule has 0 radical (unpaired) electrons. The first-order valence-electron chi connectivity index (χ1n) is 10.2. The van der Waals surface area contributed by atoms with Crippen molar-refractivity contribution in [3.05, 3.63) is 82.4 Å². The average Bonchev–Trinajstić information content (AvgIpc) is 3.47. The molecule has 10 heteroatoms. The molecular formula is C24H20N4O5S. The van der Waals surface area contributed by atoms with E-state index in [1.165, 1.54) is 18.4 Å². The van der Waals surface area contributed by atoms with E-state index >= 15 is 0 Å². The number of rotatable bonds is 7. The molecule has 0 atom stereocenters. The third-order valence-electron chi connectivity index (χ3n) is 5.08. The number of Topliss-reactive ketones (excluding diaryl/α,β-unsaturated/α-hetero) is 1. The first-order chi connectivity index (χ1) is 16.4. The zero-order chi connectivity index (χ0) is 24.2. The Labute approximate surface area is 199 Å². The maximum absolute atomic E-state index is 12.8. The molecule has 0 spiro atoms. The molecule has 0 amide bonds. The van der Waals surface area contributed by atoms with Crippen molar-refractivity contribution in [2.24, 2.45) is 0 Å². The van der Waals surface area contributed by atoms with Crippen LogP contribution in [0.3, 0.4) is 0 Å². The summed E-state index contributed by atoms with van der Waals surface area (Å²) in [6.07, 6.45) is 3.18. The van der Waals surface area contributed by atoms with E-state index in [0.29, 0.717) is 27.7 Å². The minimum absolute atomic E-state index is 0.0939. The van der Waals surface area contributed by atoms with Crippen LogP contribution < -0.4 is 0 Å². The Hall–Kier alpha value is -4.18. The number of benzene rings is 1. The van der Waals surface area contributed by atoms with Gasteiger partial charge in [0.25, 0.3) is 0 Å². The monoisotopic (exact) mass is 476 g/mol. The van der Waals surface area contributed by atoms with E-state index < -0.39 is 18.5 Å². The van der Waals surface area contributed by atoms with Crippen molar-refractivity contribution in [3.8, 4) is 16.5 Å². The van der Waals surface area contributed by atoms with Crippen molar-refractivity contribution in [2.45, 2.75) is 13.8 Å². The predicted octanol–water partition coefficient (Wildman–Crippen LogP) is 3.83. The number of carbonyl (C=O) groups excluding carboxylic acids is 3. The number of ketones is 1. The maximum atomic E-state index is 12.8. The first-order valence-corrected chi connectivity index (χ1v) is 11.1. The molecule has 0 aliphatic carbocycles. The minimum atomic E-state index is -0.695. The van der Waals surface area contributed by atoms with Crippen molar-refractivity contribution >= 4 is 29.1 Å². The molecule has 3 heterocycles. The fourth-order valence-electron chi connectivity index (χ4n) is 3.47. The molecule has 0 N–H and O–H groups in total. The lowest BCUT2D eigenvalue weighted by molar-refractivity contribution is 0.0469. The Morgan fingerprint density at radius 2 is 1.74 bits per heavy atom.